The van der Waals surface area contributed by atoms with Crippen LogP contribution in [0.3, 0.4) is 0 Å². The molecule has 7 nitrogen and oxygen atoms in total. The number of hydrogen-bond acceptors (Lipinski definition) is 5. The summed E-state index contributed by atoms with van der Waals surface area (Å²) in [6.45, 7) is 6.97. The molecule has 1 heterocycles. The molecule has 1 unspecified atom stereocenters. The molecule has 0 fully saturated rings. The molecule has 0 spiro atoms. The van der Waals surface area contributed by atoms with Gasteiger partial charge in [0, 0.05) is 17.6 Å². The molecule has 0 aliphatic carbocycles. The van der Waals surface area contributed by atoms with Gasteiger partial charge in [-0.05, 0) is 42.7 Å². The summed E-state index contributed by atoms with van der Waals surface area (Å²) >= 11 is 0. The summed E-state index contributed by atoms with van der Waals surface area (Å²) in [6, 6.07) is 8.55. The van der Waals surface area contributed by atoms with Crippen molar-refractivity contribution in [2.45, 2.75) is 27.7 Å². The van der Waals surface area contributed by atoms with Crippen molar-refractivity contribution in [2.24, 2.45) is 11.3 Å². The minimum atomic E-state index is -1.15. The lowest BCUT2D eigenvalue weighted by Gasteiger charge is -2.25. The van der Waals surface area contributed by atoms with E-state index in [0.29, 0.717) is 11.4 Å². The van der Waals surface area contributed by atoms with Gasteiger partial charge in [-0.3, -0.25) is 9.59 Å². The number of nitrogens with one attached hydrogen (secondary N) is 1. The smallest absolute Gasteiger partial charge is 0.322 e. The molecule has 25 heavy (non-hydrogen) atoms. The molecule has 1 aromatic heterocycles. The van der Waals surface area contributed by atoms with Gasteiger partial charge in [0.25, 0.3) is 0 Å². The third kappa shape index (κ3) is 5.00. The maximum atomic E-state index is 12.3. The standard InChI is InChI=1S/C18H21N3O4/c1-11-9-10-19-17(20-11)25-13-7-5-12(6-8-13)21-15(22)14(16(23)24)18(2,3)4/h5-10,14H,1-4H3,(H,21,22)(H,23,24). The van der Waals surface area contributed by atoms with Crippen molar-refractivity contribution in [1.82, 2.24) is 9.97 Å². The van der Waals surface area contributed by atoms with E-state index in [-0.39, 0.29) is 6.01 Å². The summed E-state index contributed by atoms with van der Waals surface area (Å²) in [5, 5.41) is 11.9. The highest BCUT2D eigenvalue weighted by atomic mass is 16.5. The molecule has 0 bridgehead atoms. The summed E-state index contributed by atoms with van der Waals surface area (Å²) in [5.74, 6) is -2.35. The summed E-state index contributed by atoms with van der Waals surface area (Å²) in [7, 11) is 0. The zero-order valence-electron chi connectivity index (χ0n) is 14.6. The number of benzene rings is 1. The summed E-state index contributed by atoms with van der Waals surface area (Å²) in [5.41, 5.74) is 0.579. The van der Waals surface area contributed by atoms with Gasteiger partial charge in [0.2, 0.25) is 5.91 Å². The Morgan fingerprint density at radius 1 is 1.16 bits per heavy atom. The number of carbonyl (C=O) groups excluding carboxylic acids is 1. The first-order valence-corrected chi connectivity index (χ1v) is 7.78. The molecule has 2 aromatic rings. The molecule has 1 aromatic carbocycles. The van der Waals surface area contributed by atoms with Crippen molar-refractivity contribution < 1.29 is 19.4 Å². The van der Waals surface area contributed by atoms with Crippen molar-refractivity contribution in [3.8, 4) is 11.8 Å². The number of anilines is 1. The third-order valence-electron chi connectivity index (χ3n) is 3.48. The predicted molar refractivity (Wildman–Crippen MR) is 92.5 cm³/mol. The zero-order valence-corrected chi connectivity index (χ0v) is 14.6. The lowest BCUT2D eigenvalue weighted by Crippen LogP contribution is -2.39. The number of nitrogens with zero attached hydrogens (tertiary/aromatic N) is 2. The number of aromatic nitrogens is 2. The van der Waals surface area contributed by atoms with E-state index in [4.69, 9.17) is 4.74 Å². The van der Waals surface area contributed by atoms with E-state index in [1.54, 1.807) is 57.3 Å². The number of carboxylic acid groups (broad SMARTS) is 1. The number of amides is 1. The Balaban J connectivity index is 2.07. The van der Waals surface area contributed by atoms with Crippen LogP contribution in [0.2, 0.25) is 0 Å². The quantitative estimate of drug-likeness (QED) is 0.808. The molecule has 0 aliphatic rings. The van der Waals surface area contributed by atoms with Crippen LogP contribution in [-0.2, 0) is 9.59 Å². The van der Waals surface area contributed by atoms with E-state index in [1.807, 2.05) is 6.92 Å². The van der Waals surface area contributed by atoms with E-state index in [1.165, 1.54) is 0 Å². The van der Waals surface area contributed by atoms with Gasteiger partial charge in [0.1, 0.15) is 11.7 Å². The largest absolute Gasteiger partial charge is 0.481 e. The van der Waals surface area contributed by atoms with Crippen LogP contribution in [0.25, 0.3) is 0 Å². The Morgan fingerprint density at radius 2 is 1.80 bits per heavy atom. The molecule has 2 N–H and O–H groups in total. The minimum Gasteiger partial charge on any atom is -0.481 e. The van der Waals surface area contributed by atoms with Crippen molar-refractivity contribution in [3.63, 3.8) is 0 Å². The molecule has 0 aliphatic heterocycles. The fourth-order valence-corrected chi connectivity index (χ4v) is 2.28. The third-order valence-corrected chi connectivity index (χ3v) is 3.48. The van der Waals surface area contributed by atoms with Gasteiger partial charge in [-0.2, -0.15) is 0 Å². The van der Waals surface area contributed by atoms with Crippen molar-refractivity contribution in [1.29, 1.82) is 0 Å². The molecular weight excluding hydrogens is 322 g/mol. The van der Waals surface area contributed by atoms with Gasteiger partial charge < -0.3 is 15.2 Å². The van der Waals surface area contributed by atoms with E-state index < -0.39 is 23.2 Å². The average molecular weight is 343 g/mol. The van der Waals surface area contributed by atoms with E-state index >= 15 is 0 Å². The molecule has 1 atom stereocenters. The number of rotatable bonds is 5. The molecule has 0 radical (unpaired) electrons. The van der Waals surface area contributed by atoms with Crippen molar-refractivity contribution in [3.05, 3.63) is 42.2 Å². The Kier molecular flexibility index (Phi) is 5.36. The second-order valence-corrected chi connectivity index (χ2v) is 6.73. The van der Waals surface area contributed by atoms with Gasteiger partial charge in [0.15, 0.2) is 0 Å². The van der Waals surface area contributed by atoms with Gasteiger partial charge in [0.05, 0.1) is 0 Å². The highest BCUT2D eigenvalue weighted by Gasteiger charge is 2.37. The van der Waals surface area contributed by atoms with E-state index in [9.17, 15) is 14.7 Å². The second-order valence-electron chi connectivity index (χ2n) is 6.73. The lowest BCUT2D eigenvalue weighted by molar-refractivity contribution is -0.149. The molecule has 1 amide bonds. The minimum absolute atomic E-state index is 0.232. The van der Waals surface area contributed by atoms with E-state index in [0.717, 1.165) is 5.69 Å². The number of aryl methyl sites for hydroxylation is 1. The first-order valence-electron chi connectivity index (χ1n) is 7.78. The second kappa shape index (κ2) is 7.29. The van der Waals surface area contributed by atoms with Gasteiger partial charge in [-0.1, -0.05) is 20.8 Å². The molecule has 132 valence electrons. The van der Waals surface area contributed by atoms with Gasteiger partial charge >= 0.3 is 12.0 Å². The summed E-state index contributed by atoms with van der Waals surface area (Å²) < 4.78 is 5.53. The monoisotopic (exact) mass is 343 g/mol. The first-order chi connectivity index (χ1) is 11.7. The van der Waals surface area contributed by atoms with Crippen LogP contribution >= 0.6 is 0 Å². The first kappa shape index (κ1) is 18.4. The predicted octanol–water partition coefficient (Wildman–Crippen LogP) is 3.26. The van der Waals surface area contributed by atoms with Crippen LogP contribution in [-0.4, -0.2) is 27.0 Å². The van der Waals surface area contributed by atoms with Crippen LogP contribution < -0.4 is 10.1 Å². The van der Waals surface area contributed by atoms with Crippen molar-refractivity contribution in [2.75, 3.05) is 5.32 Å². The fourth-order valence-electron chi connectivity index (χ4n) is 2.28. The number of aliphatic carboxylic acids is 1. The van der Waals surface area contributed by atoms with Crippen LogP contribution in [0.1, 0.15) is 26.5 Å². The zero-order chi connectivity index (χ0) is 18.6. The molecule has 2 rings (SSSR count). The fraction of sp³-hybridized carbons (Fsp3) is 0.333. The Hall–Kier alpha value is -2.96. The van der Waals surface area contributed by atoms with Crippen molar-refractivity contribution >= 4 is 17.6 Å². The van der Waals surface area contributed by atoms with Crippen LogP contribution in [0, 0.1) is 18.3 Å². The van der Waals surface area contributed by atoms with E-state index in [2.05, 4.69) is 15.3 Å². The Labute approximate surface area is 146 Å². The number of carboxylic acids is 1. The normalized spacial score (nSPS) is 12.3. The molecule has 0 saturated heterocycles. The Morgan fingerprint density at radius 3 is 2.32 bits per heavy atom. The molecule has 0 saturated carbocycles. The van der Waals surface area contributed by atoms with Gasteiger partial charge in [-0.25, -0.2) is 9.97 Å². The Bertz CT molecular complexity index is 767. The summed E-state index contributed by atoms with van der Waals surface area (Å²) in [6.07, 6.45) is 1.60. The maximum absolute atomic E-state index is 12.3. The number of carbonyl (C=O) groups is 2. The topological polar surface area (TPSA) is 101 Å². The van der Waals surface area contributed by atoms with Crippen LogP contribution in [0.4, 0.5) is 5.69 Å². The SMILES string of the molecule is Cc1ccnc(Oc2ccc(NC(=O)C(C(=O)O)C(C)(C)C)cc2)n1. The molecular formula is C18H21N3O4. The van der Waals surface area contributed by atoms with Crippen LogP contribution in [0.5, 0.6) is 11.8 Å². The molecule has 7 heteroatoms. The highest BCUT2D eigenvalue weighted by Crippen LogP contribution is 2.28. The van der Waals surface area contributed by atoms with Gasteiger partial charge in [-0.15, -0.1) is 0 Å². The number of ether oxygens (including phenoxy) is 1. The highest BCUT2D eigenvalue weighted by molar-refractivity contribution is 6.04. The summed E-state index contributed by atoms with van der Waals surface area (Å²) in [4.78, 5) is 31.8. The number of hydrogen-bond donors (Lipinski definition) is 2. The maximum Gasteiger partial charge on any atom is 0.322 e. The lowest BCUT2D eigenvalue weighted by atomic mass is 9.80. The van der Waals surface area contributed by atoms with Crippen LogP contribution in [0.15, 0.2) is 36.5 Å². The average Bonchev–Trinajstić information content (AvgIpc) is 2.47.